The predicted molar refractivity (Wildman–Crippen MR) is 80.7 cm³/mol. The first-order chi connectivity index (χ1) is 10.3. The molecule has 1 amide bonds. The van der Waals surface area contributed by atoms with Crippen LogP contribution in [0.25, 0.3) is 11.0 Å². The first-order valence-corrected chi connectivity index (χ1v) is 6.90. The molecule has 3 rings (SSSR count). The minimum Gasteiger partial charge on any atom is -0.355 e. The normalized spacial score (nSPS) is 10.7. The molecule has 0 unspecified atom stereocenters. The molecular weight excluding hydrogens is 264 g/mol. The minimum absolute atomic E-state index is 0.0114. The monoisotopic (exact) mass is 280 g/mol. The van der Waals surface area contributed by atoms with Gasteiger partial charge in [0.15, 0.2) is 0 Å². The fourth-order valence-corrected chi connectivity index (χ4v) is 2.19. The Balaban J connectivity index is 1.50. The van der Waals surface area contributed by atoms with Crippen molar-refractivity contribution in [3.05, 3.63) is 60.2 Å². The van der Waals surface area contributed by atoms with E-state index in [1.807, 2.05) is 36.4 Å². The standard InChI is InChI=1S/C16H16N4O/c21-16(11-12-5-8-17-9-6-12)18-10-7-15-19-13-3-1-2-4-14(13)20-15/h1-6,8-9H,7,10-11H2,(H,18,21)(H,19,20). The van der Waals surface area contributed by atoms with Crippen molar-refractivity contribution >= 4 is 16.9 Å². The lowest BCUT2D eigenvalue weighted by molar-refractivity contribution is -0.120. The highest BCUT2D eigenvalue weighted by Crippen LogP contribution is 2.10. The maximum atomic E-state index is 11.8. The second kappa shape index (κ2) is 6.17. The molecule has 0 fully saturated rings. The third kappa shape index (κ3) is 3.45. The second-order valence-electron chi connectivity index (χ2n) is 4.83. The summed E-state index contributed by atoms with van der Waals surface area (Å²) in [7, 11) is 0. The van der Waals surface area contributed by atoms with Crippen molar-refractivity contribution in [1.82, 2.24) is 20.3 Å². The van der Waals surface area contributed by atoms with E-state index in [-0.39, 0.29) is 5.91 Å². The molecule has 3 aromatic rings. The Morgan fingerprint density at radius 2 is 1.95 bits per heavy atom. The molecule has 0 saturated heterocycles. The zero-order valence-electron chi connectivity index (χ0n) is 11.5. The van der Waals surface area contributed by atoms with Crippen LogP contribution in [0.3, 0.4) is 0 Å². The molecular formula is C16H16N4O. The van der Waals surface area contributed by atoms with Crippen LogP contribution < -0.4 is 5.32 Å². The van der Waals surface area contributed by atoms with Crippen LogP contribution in [0.4, 0.5) is 0 Å². The van der Waals surface area contributed by atoms with Crippen molar-refractivity contribution in [1.29, 1.82) is 0 Å². The number of carbonyl (C=O) groups excluding carboxylic acids is 1. The second-order valence-corrected chi connectivity index (χ2v) is 4.83. The highest BCUT2D eigenvalue weighted by Gasteiger charge is 2.05. The summed E-state index contributed by atoms with van der Waals surface area (Å²) < 4.78 is 0. The number of H-pyrrole nitrogens is 1. The van der Waals surface area contributed by atoms with Gasteiger partial charge in [-0.15, -0.1) is 0 Å². The third-order valence-electron chi connectivity index (χ3n) is 3.24. The van der Waals surface area contributed by atoms with E-state index in [4.69, 9.17) is 0 Å². The summed E-state index contributed by atoms with van der Waals surface area (Å²) in [4.78, 5) is 23.5. The van der Waals surface area contributed by atoms with E-state index in [9.17, 15) is 4.79 Å². The van der Waals surface area contributed by atoms with Crippen molar-refractivity contribution in [2.75, 3.05) is 6.54 Å². The molecule has 5 heteroatoms. The number of aromatic amines is 1. The molecule has 0 radical (unpaired) electrons. The van der Waals surface area contributed by atoms with E-state index < -0.39 is 0 Å². The van der Waals surface area contributed by atoms with Crippen molar-refractivity contribution < 1.29 is 4.79 Å². The Morgan fingerprint density at radius 3 is 2.76 bits per heavy atom. The van der Waals surface area contributed by atoms with Crippen LogP contribution >= 0.6 is 0 Å². The summed E-state index contributed by atoms with van der Waals surface area (Å²) >= 11 is 0. The number of aromatic nitrogens is 3. The summed E-state index contributed by atoms with van der Waals surface area (Å²) in [5.41, 5.74) is 2.94. The molecule has 0 atom stereocenters. The molecule has 0 saturated carbocycles. The van der Waals surface area contributed by atoms with Crippen molar-refractivity contribution in [3.63, 3.8) is 0 Å². The number of benzene rings is 1. The van der Waals surface area contributed by atoms with Gasteiger partial charge in [-0.1, -0.05) is 12.1 Å². The van der Waals surface area contributed by atoms with Crippen LogP contribution in [0.2, 0.25) is 0 Å². The van der Waals surface area contributed by atoms with Gasteiger partial charge in [0.05, 0.1) is 17.5 Å². The van der Waals surface area contributed by atoms with Gasteiger partial charge in [0.2, 0.25) is 5.91 Å². The number of hydrogen-bond acceptors (Lipinski definition) is 3. The minimum atomic E-state index is 0.0114. The summed E-state index contributed by atoms with van der Waals surface area (Å²) in [6.07, 6.45) is 4.45. The maximum Gasteiger partial charge on any atom is 0.224 e. The van der Waals surface area contributed by atoms with Crippen molar-refractivity contribution in [3.8, 4) is 0 Å². The van der Waals surface area contributed by atoms with Crippen LogP contribution in [0.5, 0.6) is 0 Å². The van der Waals surface area contributed by atoms with Gasteiger partial charge in [-0.2, -0.15) is 0 Å². The van der Waals surface area contributed by atoms with E-state index in [0.29, 0.717) is 19.4 Å². The lowest BCUT2D eigenvalue weighted by Crippen LogP contribution is -2.27. The van der Waals surface area contributed by atoms with E-state index in [2.05, 4.69) is 20.3 Å². The Kier molecular flexibility index (Phi) is 3.91. The topological polar surface area (TPSA) is 70.7 Å². The Hall–Kier alpha value is -2.69. The van der Waals surface area contributed by atoms with Crippen LogP contribution in [0, 0.1) is 0 Å². The highest BCUT2D eigenvalue weighted by atomic mass is 16.1. The molecule has 0 spiro atoms. The van der Waals surface area contributed by atoms with Gasteiger partial charge in [0.1, 0.15) is 5.82 Å². The summed E-state index contributed by atoms with van der Waals surface area (Å²) in [5, 5.41) is 2.90. The van der Waals surface area contributed by atoms with Crippen LogP contribution in [-0.4, -0.2) is 27.4 Å². The zero-order chi connectivity index (χ0) is 14.5. The number of carbonyl (C=O) groups is 1. The Morgan fingerprint density at radius 1 is 1.14 bits per heavy atom. The van der Waals surface area contributed by atoms with Gasteiger partial charge < -0.3 is 10.3 Å². The molecule has 0 aliphatic heterocycles. The SMILES string of the molecule is O=C(Cc1ccncc1)NCCc1nc2ccccc2[nH]1. The van der Waals surface area contributed by atoms with Crippen LogP contribution in [0.15, 0.2) is 48.8 Å². The van der Waals surface area contributed by atoms with Crippen molar-refractivity contribution in [2.24, 2.45) is 0 Å². The van der Waals surface area contributed by atoms with Gasteiger partial charge in [-0.25, -0.2) is 4.98 Å². The highest BCUT2D eigenvalue weighted by molar-refractivity contribution is 5.78. The number of imidazole rings is 1. The zero-order valence-corrected chi connectivity index (χ0v) is 11.5. The number of nitrogens with one attached hydrogen (secondary N) is 2. The lowest BCUT2D eigenvalue weighted by atomic mass is 10.2. The van der Waals surface area contributed by atoms with Gasteiger partial charge in [0.25, 0.3) is 0 Å². The average molecular weight is 280 g/mol. The molecule has 2 heterocycles. The van der Waals surface area contributed by atoms with Gasteiger partial charge in [0, 0.05) is 25.4 Å². The Labute approximate surface area is 122 Å². The number of para-hydroxylation sites is 2. The third-order valence-corrected chi connectivity index (χ3v) is 3.24. The summed E-state index contributed by atoms with van der Waals surface area (Å²) in [6, 6.07) is 11.6. The fourth-order valence-electron chi connectivity index (χ4n) is 2.19. The van der Waals surface area contributed by atoms with Crippen LogP contribution in [0.1, 0.15) is 11.4 Å². The fraction of sp³-hybridized carbons (Fsp3) is 0.188. The number of nitrogens with zero attached hydrogens (tertiary/aromatic N) is 2. The first-order valence-electron chi connectivity index (χ1n) is 6.90. The molecule has 2 aromatic heterocycles. The van der Waals surface area contributed by atoms with Crippen LogP contribution in [-0.2, 0) is 17.6 Å². The maximum absolute atomic E-state index is 11.8. The molecule has 106 valence electrons. The molecule has 2 N–H and O–H groups in total. The smallest absolute Gasteiger partial charge is 0.224 e. The molecule has 1 aromatic carbocycles. The number of hydrogen-bond donors (Lipinski definition) is 2. The Bertz CT molecular complexity index is 703. The number of amides is 1. The summed E-state index contributed by atoms with van der Waals surface area (Å²) in [6.45, 7) is 0.573. The molecule has 0 aliphatic rings. The average Bonchev–Trinajstić information content (AvgIpc) is 2.91. The van der Waals surface area contributed by atoms with Gasteiger partial charge in [-0.3, -0.25) is 9.78 Å². The van der Waals surface area contributed by atoms with E-state index in [1.54, 1.807) is 12.4 Å². The molecule has 0 bridgehead atoms. The van der Waals surface area contributed by atoms with E-state index in [0.717, 1.165) is 22.4 Å². The number of rotatable bonds is 5. The van der Waals surface area contributed by atoms with Gasteiger partial charge in [-0.05, 0) is 29.8 Å². The number of fused-ring (bicyclic) bond motifs is 1. The lowest BCUT2D eigenvalue weighted by Gasteiger charge is -2.03. The first kappa shape index (κ1) is 13.3. The quantitative estimate of drug-likeness (QED) is 0.749. The largest absolute Gasteiger partial charge is 0.355 e. The predicted octanol–water partition coefficient (Wildman–Crippen LogP) is 1.86. The molecule has 0 aliphatic carbocycles. The molecule has 5 nitrogen and oxygen atoms in total. The van der Waals surface area contributed by atoms with E-state index in [1.165, 1.54) is 0 Å². The van der Waals surface area contributed by atoms with Crippen molar-refractivity contribution in [2.45, 2.75) is 12.8 Å². The summed E-state index contributed by atoms with van der Waals surface area (Å²) in [5.74, 6) is 0.901. The molecule has 21 heavy (non-hydrogen) atoms. The van der Waals surface area contributed by atoms with Gasteiger partial charge >= 0.3 is 0 Å². The number of pyridine rings is 1. The van der Waals surface area contributed by atoms with E-state index >= 15 is 0 Å².